The van der Waals surface area contributed by atoms with Gasteiger partial charge in [-0.15, -0.1) is 0 Å². The molecule has 0 aliphatic carbocycles. The lowest BCUT2D eigenvalue weighted by atomic mass is 9.99. The monoisotopic (exact) mass is 977 g/mol. The summed E-state index contributed by atoms with van der Waals surface area (Å²) in [4.78, 5) is 12.9. The van der Waals surface area contributed by atoms with Crippen molar-refractivity contribution in [3.8, 4) is 0 Å². The van der Waals surface area contributed by atoms with E-state index in [1.54, 1.807) is 0 Å². The van der Waals surface area contributed by atoms with E-state index in [0.29, 0.717) is 13.0 Å². The Kier molecular flexibility index (Phi) is 41.9. The predicted molar refractivity (Wildman–Crippen MR) is 275 cm³/mol. The fraction of sp³-hybridized carbons (Fsp3) is 0.691. The number of rotatable bonds is 44. The molecular formula is C55H92O12S. The Morgan fingerprint density at radius 1 is 0.574 bits per heavy atom. The highest BCUT2D eigenvalue weighted by molar-refractivity contribution is 7.80. The van der Waals surface area contributed by atoms with E-state index in [9.17, 15) is 33.1 Å². The summed E-state index contributed by atoms with van der Waals surface area (Å²) < 4.78 is 59.2. The molecular weight excluding hydrogens is 885 g/mol. The maximum Gasteiger partial charge on any atom is 0.397 e. The minimum absolute atomic E-state index is 0.00917. The first-order chi connectivity index (χ1) is 33.1. The van der Waals surface area contributed by atoms with Crippen LogP contribution in [0.15, 0.2) is 97.2 Å². The summed E-state index contributed by atoms with van der Waals surface area (Å²) in [7, 11) is -5.08. The highest BCUT2D eigenvalue weighted by Gasteiger charge is 2.48. The van der Waals surface area contributed by atoms with Gasteiger partial charge in [-0.05, 0) is 96.3 Å². The van der Waals surface area contributed by atoms with Crippen molar-refractivity contribution in [2.24, 2.45) is 0 Å². The Balaban J connectivity index is 2.41. The van der Waals surface area contributed by atoms with Crippen molar-refractivity contribution in [1.82, 2.24) is 0 Å². The number of aliphatic hydroxyl groups excluding tert-OH is 3. The van der Waals surface area contributed by atoms with E-state index in [1.807, 2.05) is 0 Å². The minimum atomic E-state index is -5.08. The third-order valence-electron chi connectivity index (χ3n) is 11.2. The van der Waals surface area contributed by atoms with E-state index in [-0.39, 0.29) is 19.6 Å². The van der Waals surface area contributed by atoms with E-state index in [0.717, 1.165) is 96.3 Å². The van der Waals surface area contributed by atoms with Gasteiger partial charge in [0.1, 0.15) is 30.5 Å². The van der Waals surface area contributed by atoms with E-state index < -0.39 is 59.8 Å². The molecule has 1 fully saturated rings. The molecule has 6 unspecified atom stereocenters. The van der Waals surface area contributed by atoms with Gasteiger partial charge in [0.05, 0.1) is 19.8 Å². The Bertz CT molecular complexity index is 1550. The SMILES string of the molecule is CC/C=C\C/C=C\C/C=C\C/C=C\C/C=C\CCCCCC(=O)OC(COCCCCCCCCC/C=C\C/C=C\C/C=C\CCCCCCC)COC1OC(CO)C(O)C(OS(=O)(=O)O)C1O. The third kappa shape index (κ3) is 37.9. The largest absolute Gasteiger partial charge is 0.457 e. The Morgan fingerprint density at radius 2 is 1.01 bits per heavy atom. The van der Waals surface area contributed by atoms with E-state index in [4.69, 9.17) is 18.9 Å². The second-order valence-corrected chi connectivity index (χ2v) is 18.4. The summed E-state index contributed by atoms with van der Waals surface area (Å²) in [5, 5.41) is 30.8. The van der Waals surface area contributed by atoms with Crippen LogP contribution in [0.25, 0.3) is 0 Å². The number of ether oxygens (including phenoxy) is 4. The van der Waals surface area contributed by atoms with Crippen molar-refractivity contribution in [2.45, 2.75) is 218 Å². The van der Waals surface area contributed by atoms with Gasteiger partial charge in [0, 0.05) is 13.0 Å². The minimum Gasteiger partial charge on any atom is -0.457 e. The van der Waals surface area contributed by atoms with Crippen molar-refractivity contribution in [1.29, 1.82) is 0 Å². The Hall–Kier alpha value is -2.98. The maximum absolute atomic E-state index is 12.9. The first-order valence-electron chi connectivity index (χ1n) is 26.0. The Morgan fingerprint density at radius 3 is 1.49 bits per heavy atom. The van der Waals surface area contributed by atoms with Crippen LogP contribution < -0.4 is 0 Å². The molecule has 0 amide bonds. The van der Waals surface area contributed by atoms with E-state index in [2.05, 4.69) is 115 Å². The van der Waals surface area contributed by atoms with Crippen molar-refractivity contribution in [2.75, 3.05) is 26.4 Å². The zero-order valence-electron chi connectivity index (χ0n) is 41.9. The molecule has 6 atom stereocenters. The molecule has 12 nitrogen and oxygen atoms in total. The molecule has 0 bridgehead atoms. The molecule has 0 radical (unpaired) electrons. The molecule has 0 aromatic heterocycles. The van der Waals surface area contributed by atoms with E-state index >= 15 is 0 Å². The molecule has 0 spiro atoms. The lowest BCUT2D eigenvalue weighted by Gasteiger charge is -2.41. The number of unbranched alkanes of at least 4 members (excludes halogenated alkanes) is 15. The zero-order valence-corrected chi connectivity index (χ0v) is 42.7. The summed E-state index contributed by atoms with van der Waals surface area (Å²) in [6, 6.07) is 0. The van der Waals surface area contributed by atoms with Gasteiger partial charge in [-0.2, -0.15) is 8.42 Å². The van der Waals surface area contributed by atoms with Crippen molar-refractivity contribution >= 4 is 16.4 Å². The van der Waals surface area contributed by atoms with Gasteiger partial charge in [0.2, 0.25) is 0 Å². The molecule has 1 rings (SSSR count). The van der Waals surface area contributed by atoms with Crippen LogP contribution in [0.4, 0.5) is 0 Å². The molecule has 0 aromatic carbocycles. The lowest BCUT2D eigenvalue weighted by molar-refractivity contribution is -0.301. The first-order valence-corrected chi connectivity index (χ1v) is 27.4. The van der Waals surface area contributed by atoms with Gasteiger partial charge < -0.3 is 34.3 Å². The van der Waals surface area contributed by atoms with Crippen molar-refractivity contribution < 1.29 is 56.2 Å². The Labute approximate surface area is 412 Å². The number of carbonyl (C=O) groups excluding carboxylic acids is 1. The summed E-state index contributed by atoms with van der Waals surface area (Å²) in [5.41, 5.74) is 0. The molecule has 390 valence electrons. The van der Waals surface area contributed by atoms with E-state index in [1.165, 1.54) is 57.8 Å². The van der Waals surface area contributed by atoms with Gasteiger partial charge in [-0.1, -0.05) is 175 Å². The number of hydrogen-bond acceptors (Lipinski definition) is 11. The second-order valence-electron chi connectivity index (χ2n) is 17.4. The van der Waals surface area contributed by atoms with Gasteiger partial charge in [-0.3, -0.25) is 9.35 Å². The standard InChI is InChI=1S/C55H92O12S/c1-3-5-7-9-11-13-15-17-19-21-23-24-25-27-29-31-33-35-37-39-41-43-45-63-47-49(48-64-55-53(59)54(67-68(60,61)62)52(58)50(46-56)66-55)65-51(57)44-42-40-38-36-34-32-30-28-26-22-20-18-16-14-12-10-8-6-4-2/h6,8,12,14-15,17-18,20-21,23,25-28,32,34,49-50,52-56,58-59H,3-5,7,9-11,13,16,19,22,24,29-31,33,35-48H2,1-2H3,(H,60,61,62)/b8-6-,14-12-,17-15-,20-18-,23-21-,27-25-,28-26-,34-32-. The number of carbonyl (C=O) groups is 1. The van der Waals surface area contributed by atoms with Crippen molar-refractivity contribution in [3.63, 3.8) is 0 Å². The van der Waals surface area contributed by atoms with Crippen LogP contribution in [0.5, 0.6) is 0 Å². The molecule has 1 aliphatic rings. The van der Waals surface area contributed by atoms with Gasteiger partial charge in [0.25, 0.3) is 0 Å². The first kappa shape index (κ1) is 63.0. The van der Waals surface area contributed by atoms with Crippen LogP contribution in [-0.2, 0) is 38.3 Å². The van der Waals surface area contributed by atoms with Gasteiger partial charge in [-0.25, -0.2) is 4.18 Å². The number of allylic oxidation sites excluding steroid dienone is 16. The molecule has 0 aromatic rings. The average molecular weight is 977 g/mol. The fourth-order valence-corrected chi connectivity index (χ4v) is 7.80. The molecule has 68 heavy (non-hydrogen) atoms. The van der Waals surface area contributed by atoms with Crippen LogP contribution >= 0.6 is 0 Å². The highest BCUT2D eigenvalue weighted by Crippen LogP contribution is 2.26. The summed E-state index contributed by atoms with van der Waals surface area (Å²) in [5.74, 6) is -0.437. The summed E-state index contributed by atoms with van der Waals surface area (Å²) in [6.45, 7) is 3.79. The smallest absolute Gasteiger partial charge is 0.397 e. The normalized spacial score (nSPS) is 20.1. The fourth-order valence-electron chi connectivity index (χ4n) is 7.29. The molecule has 4 N–H and O–H groups in total. The maximum atomic E-state index is 12.9. The average Bonchev–Trinajstić information content (AvgIpc) is 3.31. The third-order valence-corrected chi connectivity index (χ3v) is 11.7. The lowest BCUT2D eigenvalue weighted by Crippen LogP contribution is -2.60. The van der Waals surface area contributed by atoms with Crippen LogP contribution in [-0.4, -0.2) is 97.5 Å². The zero-order chi connectivity index (χ0) is 49.6. The summed E-state index contributed by atoms with van der Waals surface area (Å²) >= 11 is 0. The van der Waals surface area contributed by atoms with Crippen molar-refractivity contribution in [3.05, 3.63) is 97.2 Å². The van der Waals surface area contributed by atoms with Crippen LogP contribution in [0.3, 0.4) is 0 Å². The van der Waals surface area contributed by atoms with Gasteiger partial charge in [0.15, 0.2) is 6.29 Å². The van der Waals surface area contributed by atoms with Gasteiger partial charge >= 0.3 is 16.4 Å². The quantitative estimate of drug-likeness (QED) is 0.0197. The second kappa shape index (κ2) is 45.2. The summed E-state index contributed by atoms with van der Waals surface area (Å²) in [6.07, 6.45) is 52.9. The number of aliphatic hydroxyl groups is 3. The van der Waals surface area contributed by atoms with Crippen LogP contribution in [0.1, 0.15) is 181 Å². The number of esters is 1. The molecule has 1 aliphatic heterocycles. The predicted octanol–water partition coefficient (Wildman–Crippen LogP) is 12.2. The number of hydrogen-bond donors (Lipinski definition) is 4. The molecule has 13 heteroatoms. The molecule has 1 saturated heterocycles. The molecule has 1 heterocycles. The highest BCUT2D eigenvalue weighted by atomic mass is 32.3. The molecule has 0 saturated carbocycles. The van der Waals surface area contributed by atoms with Crippen LogP contribution in [0.2, 0.25) is 0 Å². The van der Waals surface area contributed by atoms with Crippen LogP contribution in [0, 0.1) is 0 Å². The topological polar surface area (TPSA) is 178 Å².